The zero-order chi connectivity index (χ0) is 21.9. The Labute approximate surface area is 200 Å². The van der Waals surface area contributed by atoms with Gasteiger partial charge in [-0.25, -0.2) is 0 Å². The minimum atomic E-state index is 1.15. The number of benzene rings is 7. The van der Waals surface area contributed by atoms with Crippen LogP contribution in [0.4, 0.5) is 0 Å². The SMILES string of the molecule is Brc1ccc2ccc3ccc(-c4ccc(-c5cccc6ccccc56)cc4)c4ccc1c2c34. The lowest BCUT2D eigenvalue weighted by Crippen LogP contribution is -1.88. The molecule has 0 aliphatic carbocycles. The van der Waals surface area contributed by atoms with Crippen LogP contribution in [0.5, 0.6) is 0 Å². The van der Waals surface area contributed by atoms with Crippen LogP contribution in [0, 0.1) is 0 Å². The van der Waals surface area contributed by atoms with Gasteiger partial charge in [-0.1, -0.05) is 125 Å². The minimum absolute atomic E-state index is 1.15. The Morgan fingerprint density at radius 1 is 0.364 bits per heavy atom. The summed E-state index contributed by atoms with van der Waals surface area (Å²) in [6.45, 7) is 0. The zero-order valence-electron chi connectivity index (χ0n) is 17.8. The molecule has 0 saturated carbocycles. The molecule has 0 spiro atoms. The third-order valence-corrected chi connectivity index (χ3v) is 7.60. The van der Waals surface area contributed by atoms with Gasteiger partial charge in [0.25, 0.3) is 0 Å². The lowest BCUT2D eigenvalue weighted by molar-refractivity contribution is 1.63. The van der Waals surface area contributed by atoms with E-state index >= 15 is 0 Å². The minimum Gasteiger partial charge on any atom is -0.0616 e. The summed E-state index contributed by atoms with van der Waals surface area (Å²) in [7, 11) is 0. The molecule has 33 heavy (non-hydrogen) atoms. The van der Waals surface area contributed by atoms with E-state index in [2.05, 4.69) is 131 Å². The molecule has 0 amide bonds. The Morgan fingerprint density at radius 3 is 1.73 bits per heavy atom. The first-order chi connectivity index (χ1) is 16.3. The fraction of sp³-hybridized carbons (Fsp3) is 0. The van der Waals surface area contributed by atoms with Gasteiger partial charge in [0.2, 0.25) is 0 Å². The van der Waals surface area contributed by atoms with Gasteiger partial charge in [-0.15, -0.1) is 0 Å². The molecule has 7 aromatic rings. The molecular weight excluding hydrogens is 464 g/mol. The van der Waals surface area contributed by atoms with Gasteiger partial charge in [-0.3, -0.25) is 0 Å². The smallest absolute Gasteiger partial charge is 0.0254 e. The van der Waals surface area contributed by atoms with Crippen molar-refractivity contribution in [2.24, 2.45) is 0 Å². The third kappa shape index (κ3) is 2.83. The van der Waals surface area contributed by atoms with Crippen LogP contribution >= 0.6 is 15.9 Å². The molecular formula is C32H19Br. The van der Waals surface area contributed by atoms with Crippen LogP contribution in [0.3, 0.4) is 0 Å². The van der Waals surface area contributed by atoms with Crippen molar-refractivity contribution in [2.75, 3.05) is 0 Å². The Morgan fingerprint density at radius 2 is 0.939 bits per heavy atom. The van der Waals surface area contributed by atoms with Crippen molar-refractivity contribution in [3.63, 3.8) is 0 Å². The van der Waals surface area contributed by atoms with E-state index in [1.54, 1.807) is 0 Å². The van der Waals surface area contributed by atoms with Gasteiger partial charge in [-0.2, -0.15) is 0 Å². The number of fused-ring (bicyclic) bond motifs is 1. The molecule has 0 saturated heterocycles. The molecule has 0 N–H and O–H groups in total. The van der Waals surface area contributed by atoms with Crippen molar-refractivity contribution in [3.05, 3.63) is 120 Å². The highest BCUT2D eigenvalue weighted by Gasteiger charge is 2.13. The maximum Gasteiger partial charge on any atom is 0.0254 e. The number of hydrogen-bond acceptors (Lipinski definition) is 0. The largest absolute Gasteiger partial charge is 0.0616 e. The fourth-order valence-corrected chi connectivity index (χ4v) is 5.79. The first-order valence-electron chi connectivity index (χ1n) is 11.2. The monoisotopic (exact) mass is 482 g/mol. The van der Waals surface area contributed by atoms with Crippen molar-refractivity contribution in [1.29, 1.82) is 0 Å². The van der Waals surface area contributed by atoms with Crippen LogP contribution in [0.1, 0.15) is 0 Å². The summed E-state index contributed by atoms with van der Waals surface area (Å²) in [5, 5.41) is 10.4. The maximum atomic E-state index is 3.75. The van der Waals surface area contributed by atoms with Crippen molar-refractivity contribution >= 4 is 59.0 Å². The molecule has 0 aromatic heterocycles. The van der Waals surface area contributed by atoms with Gasteiger partial charge in [0.1, 0.15) is 0 Å². The van der Waals surface area contributed by atoms with E-state index in [1.165, 1.54) is 65.3 Å². The Hall–Kier alpha value is -3.68. The van der Waals surface area contributed by atoms with Crippen LogP contribution in [0.15, 0.2) is 120 Å². The predicted molar refractivity (Wildman–Crippen MR) is 146 cm³/mol. The first-order valence-corrected chi connectivity index (χ1v) is 12.0. The first kappa shape index (κ1) is 18.8. The summed E-state index contributed by atoms with van der Waals surface area (Å²) >= 11 is 3.75. The highest BCUT2D eigenvalue weighted by atomic mass is 79.9. The van der Waals surface area contributed by atoms with Crippen molar-refractivity contribution < 1.29 is 0 Å². The molecule has 0 atom stereocenters. The molecule has 0 bridgehead atoms. The van der Waals surface area contributed by atoms with E-state index in [4.69, 9.17) is 0 Å². The highest BCUT2D eigenvalue weighted by molar-refractivity contribution is 9.10. The topological polar surface area (TPSA) is 0 Å². The van der Waals surface area contributed by atoms with Gasteiger partial charge in [0.05, 0.1) is 0 Å². The summed E-state index contributed by atoms with van der Waals surface area (Å²) in [4.78, 5) is 0. The van der Waals surface area contributed by atoms with Gasteiger partial charge < -0.3 is 0 Å². The van der Waals surface area contributed by atoms with Crippen molar-refractivity contribution in [3.8, 4) is 22.3 Å². The fourth-order valence-electron chi connectivity index (χ4n) is 5.32. The normalized spacial score (nSPS) is 11.8. The molecule has 0 aliphatic heterocycles. The molecule has 7 aromatic carbocycles. The van der Waals surface area contributed by atoms with E-state index in [0.29, 0.717) is 0 Å². The Bertz CT molecular complexity index is 1800. The Balaban J connectivity index is 1.43. The summed E-state index contributed by atoms with van der Waals surface area (Å²) in [5.74, 6) is 0. The predicted octanol–water partition coefficient (Wildman–Crippen LogP) is 9.83. The van der Waals surface area contributed by atoms with Crippen LogP contribution in [0.25, 0.3) is 65.3 Å². The van der Waals surface area contributed by atoms with E-state index in [1.807, 2.05) is 0 Å². The number of rotatable bonds is 2. The molecule has 0 aliphatic rings. The standard InChI is InChI=1S/C32H19Br/c33-30-19-15-24-13-12-23-14-16-27(28-17-18-29(30)32(24)31(23)28)22-10-8-21(9-11-22)26-7-3-5-20-4-1-2-6-25(20)26/h1-19H. The number of halogens is 1. The highest BCUT2D eigenvalue weighted by Crippen LogP contribution is 2.41. The van der Waals surface area contributed by atoms with Crippen LogP contribution in [0.2, 0.25) is 0 Å². The second kappa shape index (κ2) is 7.16. The lowest BCUT2D eigenvalue weighted by Gasteiger charge is -2.15. The average molecular weight is 483 g/mol. The summed E-state index contributed by atoms with van der Waals surface area (Å²) in [6, 6.07) is 42.1. The van der Waals surface area contributed by atoms with Crippen molar-refractivity contribution in [2.45, 2.75) is 0 Å². The molecule has 0 fully saturated rings. The summed E-state index contributed by atoms with van der Waals surface area (Å²) < 4.78 is 1.15. The zero-order valence-corrected chi connectivity index (χ0v) is 19.4. The third-order valence-electron chi connectivity index (χ3n) is 6.91. The molecule has 7 rings (SSSR count). The number of hydrogen-bond donors (Lipinski definition) is 0. The summed E-state index contributed by atoms with van der Waals surface area (Å²) in [5.41, 5.74) is 5.05. The second-order valence-electron chi connectivity index (χ2n) is 8.69. The van der Waals surface area contributed by atoms with Crippen LogP contribution < -0.4 is 0 Å². The lowest BCUT2D eigenvalue weighted by atomic mass is 9.89. The van der Waals surface area contributed by atoms with Gasteiger partial charge in [0, 0.05) is 4.47 Å². The molecule has 0 heterocycles. The van der Waals surface area contributed by atoms with Gasteiger partial charge in [0.15, 0.2) is 0 Å². The van der Waals surface area contributed by atoms with E-state index in [0.717, 1.165) is 4.47 Å². The second-order valence-corrected chi connectivity index (χ2v) is 9.54. The molecule has 0 nitrogen and oxygen atoms in total. The summed E-state index contributed by atoms with van der Waals surface area (Å²) in [6.07, 6.45) is 0. The quantitative estimate of drug-likeness (QED) is 0.215. The Kier molecular flexibility index (Phi) is 4.09. The van der Waals surface area contributed by atoms with Gasteiger partial charge >= 0.3 is 0 Å². The van der Waals surface area contributed by atoms with E-state index in [-0.39, 0.29) is 0 Å². The molecule has 0 radical (unpaired) electrons. The van der Waals surface area contributed by atoms with Crippen LogP contribution in [-0.4, -0.2) is 0 Å². The molecule has 0 unspecified atom stereocenters. The van der Waals surface area contributed by atoms with Crippen molar-refractivity contribution in [1.82, 2.24) is 0 Å². The van der Waals surface area contributed by atoms with Crippen LogP contribution in [-0.2, 0) is 0 Å². The van der Waals surface area contributed by atoms with E-state index < -0.39 is 0 Å². The van der Waals surface area contributed by atoms with Gasteiger partial charge in [-0.05, 0) is 71.4 Å². The maximum absolute atomic E-state index is 3.75. The molecule has 1 heteroatoms. The van der Waals surface area contributed by atoms with E-state index in [9.17, 15) is 0 Å². The molecule has 154 valence electrons. The average Bonchev–Trinajstić information content (AvgIpc) is 2.88.